The fourth-order valence-corrected chi connectivity index (χ4v) is 3.18. The number of nitrogens with zero attached hydrogens (tertiary/aromatic N) is 2. The largest absolute Gasteiger partial charge is 0.351 e. The van der Waals surface area contributed by atoms with E-state index in [0.29, 0.717) is 12.1 Å². The summed E-state index contributed by atoms with van der Waals surface area (Å²) >= 11 is 0. The molecule has 5 nitrogen and oxygen atoms in total. The van der Waals surface area contributed by atoms with E-state index in [0.717, 1.165) is 36.9 Å². The number of aromatic nitrogens is 2. The summed E-state index contributed by atoms with van der Waals surface area (Å²) in [5, 5.41) is 7.26. The molecule has 6 heteroatoms. The predicted octanol–water partition coefficient (Wildman–Crippen LogP) is 2.01. The maximum atomic E-state index is 13.6. The molecule has 0 fully saturated rings. The Hall–Kier alpha value is -2.50. The number of rotatable bonds is 5. The third-order valence-corrected chi connectivity index (χ3v) is 4.44. The second-order valence-electron chi connectivity index (χ2n) is 6.58. The SMILES string of the molecule is C[C@@H](Cn1nc2c(cc1=O)CCCC2)NC(=O)Cc1ccccc1F. The molecule has 1 N–H and O–H groups in total. The van der Waals surface area contributed by atoms with Gasteiger partial charge in [-0.1, -0.05) is 18.2 Å². The predicted molar refractivity (Wildman–Crippen MR) is 92.8 cm³/mol. The minimum atomic E-state index is -0.391. The van der Waals surface area contributed by atoms with Gasteiger partial charge in [-0.15, -0.1) is 0 Å². The van der Waals surface area contributed by atoms with Crippen LogP contribution in [0.15, 0.2) is 35.1 Å². The summed E-state index contributed by atoms with van der Waals surface area (Å²) in [6.07, 6.45) is 3.97. The average Bonchev–Trinajstić information content (AvgIpc) is 2.57. The lowest BCUT2D eigenvalue weighted by atomic mass is 9.97. The molecule has 1 aromatic carbocycles. The van der Waals surface area contributed by atoms with E-state index in [9.17, 15) is 14.0 Å². The zero-order chi connectivity index (χ0) is 17.8. The van der Waals surface area contributed by atoms with Crippen LogP contribution in [-0.2, 0) is 30.6 Å². The van der Waals surface area contributed by atoms with E-state index < -0.39 is 5.82 Å². The van der Waals surface area contributed by atoms with Crippen molar-refractivity contribution in [1.82, 2.24) is 15.1 Å². The van der Waals surface area contributed by atoms with Gasteiger partial charge in [-0.05, 0) is 49.8 Å². The van der Waals surface area contributed by atoms with E-state index in [1.165, 1.54) is 10.7 Å². The summed E-state index contributed by atoms with van der Waals surface area (Å²) in [4.78, 5) is 24.3. The number of benzene rings is 1. The lowest BCUT2D eigenvalue weighted by Crippen LogP contribution is -2.40. The number of hydrogen-bond acceptors (Lipinski definition) is 3. The standard InChI is InChI=1S/C19H22FN3O2/c1-13(21-18(24)10-14-6-2-4-8-16(14)20)12-23-19(25)11-15-7-3-5-9-17(15)22-23/h2,4,6,8,11,13H,3,5,7,9-10,12H2,1H3,(H,21,24)/t13-/m0/s1. The summed E-state index contributed by atoms with van der Waals surface area (Å²) in [7, 11) is 0. The van der Waals surface area contributed by atoms with Crippen molar-refractivity contribution in [3.05, 3.63) is 63.3 Å². The van der Waals surface area contributed by atoms with Gasteiger partial charge in [0.1, 0.15) is 5.82 Å². The van der Waals surface area contributed by atoms with Crippen molar-refractivity contribution in [2.45, 2.75) is 51.6 Å². The fourth-order valence-electron chi connectivity index (χ4n) is 3.18. The molecule has 3 rings (SSSR count). The molecule has 0 unspecified atom stereocenters. The minimum Gasteiger partial charge on any atom is -0.351 e. The zero-order valence-electron chi connectivity index (χ0n) is 14.3. The van der Waals surface area contributed by atoms with Crippen LogP contribution in [0.5, 0.6) is 0 Å². The zero-order valence-corrected chi connectivity index (χ0v) is 14.3. The normalized spacial score (nSPS) is 14.6. The van der Waals surface area contributed by atoms with E-state index in [1.54, 1.807) is 24.3 Å². The molecule has 1 atom stereocenters. The highest BCUT2D eigenvalue weighted by molar-refractivity contribution is 5.78. The lowest BCUT2D eigenvalue weighted by molar-refractivity contribution is -0.121. The molecule has 1 heterocycles. The van der Waals surface area contributed by atoms with Crippen LogP contribution < -0.4 is 10.9 Å². The van der Waals surface area contributed by atoms with Gasteiger partial charge in [-0.25, -0.2) is 9.07 Å². The topological polar surface area (TPSA) is 64.0 Å². The Morgan fingerprint density at radius 3 is 2.88 bits per heavy atom. The highest BCUT2D eigenvalue weighted by Crippen LogP contribution is 2.16. The van der Waals surface area contributed by atoms with Crippen molar-refractivity contribution in [2.24, 2.45) is 0 Å². The van der Waals surface area contributed by atoms with Gasteiger partial charge in [0.25, 0.3) is 5.56 Å². The summed E-state index contributed by atoms with van der Waals surface area (Å²) < 4.78 is 15.0. The quantitative estimate of drug-likeness (QED) is 0.903. The first-order valence-corrected chi connectivity index (χ1v) is 8.65. The summed E-state index contributed by atoms with van der Waals surface area (Å²) in [6.45, 7) is 2.11. The van der Waals surface area contributed by atoms with Crippen molar-refractivity contribution in [3.8, 4) is 0 Å². The molecule has 1 aliphatic rings. The molecule has 0 saturated heterocycles. The summed E-state index contributed by atoms with van der Waals surface area (Å²) in [6, 6.07) is 7.61. The van der Waals surface area contributed by atoms with Crippen molar-refractivity contribution < 1.29 is 9.18 Å². The number of carbonyl (C=O) groups is 1. The van der Waals surface area contributed by atoms with Gasteiger partial charge in [0, 0.05) is 12.1 Å². The van der Waals surface area contributed by atoms with Crippen LogP contribution in [0.25, 0.3) is 0 Å². The van der Waals surface area contributed by atoms with Gasteiger partial charge < -0.3 is 5.32 Å². The van der Waals surface area contributed by atoms with E-state index in [1.807, 2.05) is 6.92 Å². The first-order valence-electron chi connectivity index (χ1n) is 8.65. The first kappa shape index (κ1) is 17.3. The van der Waals surface area contributed by atoms with Gasteiger partial charge in [0.15, 0.2) is 0 Å². The van der Waals surface area contributed by atoms with Gasteiger partial charge in [0.2, 0.25) is 5.91 Å². The van der Waals surface area contributed by atoms with E-state index in [-0.39, 0.29) is 23.9 Å². The minimum absolute atomic E-state index is 0.0243. The van der Waals surface area contributed by atoms with Gasteiger partial charge in [0.05, 0.1) is 18.7 Å². The fraction of sp³-hybridized carbons (Fsp3) is 0.421. The molecule has 0 bridgehead atoms. The average molecular weight is 343 g/mol. The second kappa shape index (κ2) is 7.59. The molecule has 1 amide bonds. The third-order valence-electron chi connectivity index (χ3n) is 4.44. The van der Waals surface area contributed by atoms with Gasteiger partial charge in [-0.3, -0.25) is 9.59 Å². The van der Waals surface area contributed by atoms with Crippen LogP contribution in [0, 0.1) is 5.82 Å². The smallest absolute Gasteiger partial charge is 0.267 e. The molecule has 0 aliphatic heterocycles. The maximum absolute atomic E-state index is 13.6. The molecule has 1 aliphatic carbocycles. The maximum Gasteiger partial charge on any atom is 0.267 e. The summed E-state index contributed by atoms with van der Waals surface area (Å²) in [5.41, 5.74) is 2.24. The first-order chi connectivity index (χ1) is 12.0. The Kier molecular flexibility index (Phi) is 5.26. The molecular weight excluding hydrogens is 321 g/mol. The van der Waals surface area contributed by atoms with Gasteiger partial charge in [-0.2, -0.15) is 5.10 Å². The molecule has 132 valence electrons. The van der Waals surface area contributed by atoms with E-state index in [2.05, 4.69) is 10.4 Å². The Morgan fingerprint density at radius 1 is 1.32 bits per heavy atom. The number of hydrogen-bond donors (Lipinski definition) is 1. The van der Waals surface area contributed by atoms with Crippen LogP contribution >= 0.6 is 0 Å². The highest BCUT2D eigenvalue weighted by Gasteiger charge is 2.16. The van der Waals surface area contributed by atoms with Crippen LogP contribution in [0.3, 0.4) is 0 Å². The van der Waals surface area contributed by atoms with Crippen LogP contribution in [0.1, 0.15) is 36.6 Å². The molecule has 1 aromatic heterocycles. The van der Waals surface area contributed by atoms with Crippen molar-refractivity contribution in [2.75, 3.05) is 0 Å². The molecular formula is C19H22FN3O2. The third kappa shape index (κ3) is 4.32. The highest BCUT2D eigenvalue weighted by atomic mass is 19.1. The monoisotopic (exact) mass is 343 g/mol. The van der Waals surface area contributed by atoms with Crippen molar-refractivity contribution >= 4 is 5.91 Å². The molecule has 0 radical (unpaired) electrons. The number of aryl methyl sites for hydroxylation is 2. The second-order valence-corrected chi connectivity index (χ2v) is 6.58. The number of halogens is 1. The van der Waals surface area contributed by atoms with Crippen LogP contribution in [-0.4, -0.2) is 21.7 Å². The van der Waals surface area contributed by atoms with E-state index in [4.69, 9.17) is 0 Å². The van der Waals surface area contributed by atoms with Gasteiger partial charge >= 0.3 is 0 Å². The Labute approximate surface area is 145 Å². The molecule has 0 spiro atoms. The van der Waals surface area contributed by atoms with Crippen LogP contribution in [0.4, 0.5) is 4.39 Å². The number of fused-ring (bicyclic) bond motifs is 1. The number of nitrogens with one attached hydrogen (secondary N) is 1. The Morgan fingerprint density at radius 2 is 2.08 bits per heavy atom. The number of amides is 1. The van der Waals surface area contributed by atoms with Crippen molar-refractivity contribution in [1.29, 1.82) is 0 Å². The van der Waals surface area contributed by atoms with E-state index >= 15 is 0 Å². The molecule has 0 saturated carbocycles. The summed E-state index contributed by atoms with van der Waals surface area (Å²) in [5.74, 6) is -0.665. The Balaban J connectivity index is 1.62. The number of carbonyl (C=O) groups excluding carboxylic acids is 1. The lowest BCUT2D eigenvalue weighted by Gasteiger charge is -2.18. The Bertz CT molecular complexity index is 832. The van der Waals surface area contributed by atoms with Crippen molar-refractivity contribution in [3.63, 3.8) is 0 Å². The molecule has 25 heavy (non-hydrogen) atoms. The molecule has 2 aromatic rings. The van der Waals surface area contributed by atoms with Crippen LogP contribution in [0.2, 0.25) is 0 Å².